The largest absolute Gasteiger partial charge is 0.325 e. The molecule has 13 heavy (non-hydrogen) atoms. The molecule has 0 saturated heterocycles. The summed E-state index contributed by atoms with van der Waals surface area (Å²) in [6, 6.07) is 0. The fourth-order valence-electron chi connectivity index (χ4n) is 2.16. The van der Waals surface area contributed by atoms with Gasteiger partial charge in [0.15, 0.2) is 0 Å². The normalized spacial score (nSPS) is 18.2. The van der Waals surface area contributed by atoms with Crippen LogP contribution in [-0.4, -0.2) is 5.54 Å². The zero-order chi connectivity index (χ0) is 11.1. The predicted molar refractivity (Wildman–Crippen MR) is 60.6 cm³/mol. The minimum absolute atomic E-state index is 0.0417. The standard InChI is InChI=1S/C12H25N/c1-9(2)12(8,10(3,4)5)11(6,7)13/h1,13H2,2-8H3. The topological polar surface area (TPSA) is 26.0 Å². The van der Waals surface area contributed by atoms with Crippen LogP contribution in [0.25, 0.3) is 0 Å². The Bertz CT molecular complexity index is 186. The maximum Gasteiger partial charge on any atom is 0.0193 e. The van der Waals surface area contributed by atoms with Crippen LogP contribution in [0.15, 0.2) is 12.2 Å². The summed E-state index contributed by atoms with van der Waals surface area (Å²) in [5, 5.41) is 0. The fraction of sp³-hybridized carbons (Fsp3) is 0.833. The zero-order valence-electron chi connectivity index (χ0n) is 10.3. The SMILES string of the molecule is C=C(C)C(C)(C(C)(C)C)C(C)(C)N. The van der Waals surface area contributed by atoms with E-state index in [9.17, 15) is 0 Å². The van der Waals surface area contributed by atoms with Crippen molar-refractivity contribution in [2.45, 2.75) is 54.0 Å². The Balaban J connectivity index is 5.35. The third-order valence-corrected chi connectivity index (χ3v) is 3.64. The van der Waals surface area contributed by atoms with E-state index in [4.69, 9.17) is 5.73 Å². The molecule has 0 aromatic heterocycles. The Morgan fingerprint density at radius 2 is 1.31 bits per heavy atom. The number of nitrogens with two attached hydrogens (primary N) is 1. The molecule has 0 aromatic rings. The van der Waals surface area contributed by atoms with Gasteiger partial charge in [-0.15, -0.1) is 0 Å². The Hall–Kier alpha value is -0.300. The van der Waals surface area contributed by atoms with Crippen LogP contribution < -0.4 is 5.73 Å². The van der Waals surface area contributed by atoms with Crippen molar-refractivity contribution in [1.82, 2.24) is 0 Å². The molecule has 1 atom stereocenters. The van der Waals surface area contributed by atoms with Gasteiger partial charge >= 0.3 is 0 Å². The van der Waals surface area contributed by atoms with E-state index in [-0.39, 0.29) is 16.4 Å². The lowest BCUT2D eigenvalue weighted by molar-refractivity contribution is 0.0709. The second-order valence-electron chi connectivity index (χ2n) is 5.88. The molecule has 1 unspecified atom stereocenters. The van der Waals surface area contributed by atoms with Crippen molar-refractivity contribution in [2.24, 2.45) is 16.6 Å². The molecule has 0 aliphatic heterocycles. The summed E-state index contributed by atoms with van der Waals surface area (Å²) in [7, 11) is 0. The van der Waals surface area contributed by atoms with E-state index < -0.39 is 0 Å². The highest BCUT2D eigenvalue weighted by atomic mass is 14.8. The van der Waals surface area contributed by atoms with Crippen molar-refractivity contribution in [1.29, 1.82) is 0 Å². The van der Waals surface area contributed by atoms with E-state index >= 15 is 0 Å². The first-order chi connectivity index (χ1) is 5.44. The van der Waals surface area contributed by atoms with Crippen LogP contribution in [0.5, 0.6) is 0 Å². The van der Waals surface area contributed by atoms with Crippen molar-refractivity contribution in [3.8, 4) is 0 Å². The summed E-state index contributed by atoms with van der Waals surface area (Å²) in [6.45, 7) is 19.2. The van der Waals surface area contributed by atoms with Crippen LogP contribution >= 0.6 is 0 Å². The molecule has 0 radical (unpaired) electrons. The highest BCUT2D eigenvalue weighted by molar-refractivity contribution is 5.18. The molecule has 78 valence electrons. The van der Waals surface area contributed by atoms with Gasteiger partial charge < -0.3 is 5.73 Å². The second kappa shape index (κ2) is 3.13. The monoisotopic (exact) mass is 183 g/mol. The maximum absolute atomic E-state index is 6.24. The van der Waals surface area contributed by atoms with E-state index in [1.807, 2.05) is 0 Å². The van der Waals surface area contributed by atoms with Crippen molar-refractivity contribution >= 4 is 0 Å². The lowest BCUT2D eigenvalue weighted by Crippen LogP contribution is -2.56. The molecule has 1 nitrogen and oxygen atoms in total. The van der Waals surface area contributed by atoms with Crippen LogP contribution in [-0.2, 0) is 0 Å². The van der Waals surface area contributed by atoms with Gasteiger partial charge in [-0.3, -0.25) is 0 Å². The number of rotatable bonds is 2. The van der Waals surface area contributed by atoms with Gasteiger partial charge in [0.25, 0.3) is 0 Å². The van der Waals surface area contributed by atoms with Gasteiger partial charge in [0.05, 0.1) is 0 Å². The second-order valence-corrected chi connectivity index (χ2v) is 5.88. The Labute approximate surface area is 83.4 Å². The van der Waals surface area contributed by atoms with Gasteiger partial charge in [-0.1, -0.05) is 39.8 Å². The average molecular weight is 183 g/mol. The summed E-state index contributed by atoms with van der Waals surface area (Å²) in [4.78, 5) is 0. The molecule has 0 spiro atoms. The molecule has 1 heteroatoms. The molecular formula is C12H25N. The molecule has 0 amide bonds. The lowest BCUT2D eigenvalue weighted by atomic mass is 9.55. The number of hydrogen-bond donors (Lipinski definition) is 1. The van der Waals surface area contributed by atoms with Crippen LogP contribution in [0.4, 0.5) is 0 Å². The molecule has 0 fully saturated rings. The molecule has 0 aromatic carbocycles. The van der Waals surface area contributed by atoms with Gasteiger partial charge in [-0.2, -0.15) is 0 Å². The minimum Gasteiger partial charge on any atom is -0.325 e. The summed E-state index contributed by atoms with van der Waals surface area (Å²) < 4.78 is 0. The summed E-state index contributed by atoms with van der Waals surface area (Å²) in [5.74, 6) is 0. The first-order valence-electron chi connectivity index (χ1n) is 4.89. The highest BCUT2D eigenvalue weighted by Crippen LogP contribution is 2.49. The Kier molecular flexibility index (Phi) is 3.05. The molecule has 0 saturated carbocycles. The zero-order valence-corrected chi connectivity index (χ0v) is 10.3. The van der Waals surface area contributed by atoms with E-state index in [0.717, 1.165) is 5.57 Å². The predicted octanol–water partition coefficient (Wildman–Crippen LogP) is 3.35. The van der Waals surface area contributed by atoms with Crippen LogP contribution in [0.2, 0.25) is 0 Å². The minimum atomic E-state index is -0.239. The van der Waals surface area contributed by atoms with Gasteiger partial charge in [0.1, 0.15) is 0 Å². The van der Waals surface area contributed by atoms with Crippen molar-refractivity contribution in [3.05, 3.63) is 12.2 Å². The maximum atomic E-state index is 6.24. The van der Waals surface area contributed by atoms with Crippen LogP contribution in [0.1, 0.15) is 48.5 Å². The Morgan fingerprint density at radius 3 is 1.31 bits per heavy atom. The van der Waals surface area contributed by atoms with Crippen molar-refractivity contribution in [2.75, 3.05) is 0 Å². The molecular weight excluding hydrogens is 158 g/mol. The van der Waals surface area contributed by atoms with Gasteiger partial charge in [-0.05, 0) is 26.2 Å². The number of hydrogen-bond acceptors (Lipinski definition) is 1. The molecule has 0 aliphatic carbocycles. The molecule has 0 bridgehead atoms. The average Bonchev–Trinajstić information content (AvgIpc) is 1.80. The van der Waals surface area contributed by atoms with Crippen molar-refractivity contribution < 1.29 is 0 Å². The van der Waals surface area contributed by atoms with Gasteiger partial charge in [0, 0.05) is 11.0 Å². The smallest absolute Gasteiger partial charge is 0.0193 e. The van der Waals surface area contributed by atoms with E-state index in [1.165, 1.54) is 0 Å². The summed E-state index contributed by atoms with van der Waals surface area (Å²) >= 11 is 0. The van der Waals surface area contributed by atoms with Gasteiger partial charge in [-0.25, -0.2) is 0 Å². The summed E-state index contributed by atoms with van der Waals surface area (Å²) in [6.07, 6.45) is 0. The van der Waals surface area contributed by atoms with Gasteiger partial charge in [0.2, 0.25) is 0 Å². The molecule has 0 rings (SSSR count). The van der Waals surface area contributed by atoms with E-state index in [1.54, 1.807) is 0 Å². The highest BCUT2D eigenvalue weighted by Gasteiger charge is 2.47. The third kappa shape index (κ3) is 1.96. The van der Waals surface area contributed by atoms with E-state index in [0.29, 0.717) is 0 Å². The van der Waals surface area contributed by atoms with Crippen LogP contribution in [0, 0.1) is 10.8 Å². The van der Waals surface area contributed by atoms with Crippen molar-refractivity contribution in [3.63, 3.8) is 0 Å². The van der Waals surface area contributed by atoms with E-state index in [2.05, 4.69) is 55.0 Å². The summed E-state index contributed by atoms with van der Waals surface area (Å²) in [5.41, 5.74) is 7.26. The first-order valence-corrected chi connectivity index (χ1v) is 4.89. The fourth-order valence-corrected chi connectivity index (χ4v) is 2.16. The molecule has 0 heterocycles. The Morgan fingerprint density at radius 1 is 1.00 bits per heavy atom. The molecule has 0 aliphatic rings. The lowest BCUT2D eigenvalue weighted by Gasteiger charge is -2.52. The van der Waals surface area contributed by atoms with Crippen LogP contribution in [0.3, 0.4) is 0 Å². The first kappa shape index (κ1) is 12.7. The quantitative estimate of drug-likeness (QED) is 0.653. The third-order valence-electron chi connectivity index (χ3n) is 3.64. The molecule has 2 N–H and O–H groups in total.